The van der Waals surface area contributed by atoms with E-state index in [2.05, 4.69) is 50.1 Å². The fourth-order valence-electron chi connectivity index (χ4n) is 5.88. The number of amides is 1. The highest BCUT2D eigenvalue weighted by atomic mass is 16.5. The van der Waals surface area contributed by atoms with Crippen LogP contribution in [-0.4, -0.2) is 60.9 Å². The number of anilines is 1. The predicted octanol–water partition coefficient (Wildman–Crippen LogP) is 1.18. The molecule has 33 heavy (non-hydrogen) atoms. The molecule has 1 amide bonds. The molecule has 0 aromatic heterocycles. The lowest BCUT2D eigenvalue weighted by Gasteiger charge is -2.52. The van der Waals surface area contributed by atoms with Crippen molar-refractivity contribution in [1.82, 2.24) is 25.8 Å². The van der Waals surface area contributed by atoms with Gasteiger partial charge in [-0.1, -0.05) is 19.8 Å². The number of likely N-dealkylation sites (N-methyl/N-ethyl adjacent to an activating group) is 1. The molecule has 0 bridgehead atoms. The molecule has 4 aliphatic rings. The molecule has 6 N–H and O–H groups in total. The van der Waals surface area contributed by atoms with Crippen LogP contribution in [0.25, 0.3) is 0 Å². The molecular formula is C24H37N7O2. The number of carbonyl (C=O) groups excluding carboxylic acids is 1. The highest BCUT2D eigenvalue weighted by molar-refractivity contribution is 5.95. The number of rotatable bonds is 5. The Balaban J connectivity index is 1.49. The van der Waals surface area contributed by atoms with E-state index < -0.39 is 5.91 Å². The van der Waals surface area contributed by atoms with Crippen LogP contribution in [-0.2, 0) is 17.8 Å². The van der Waals surface area contributed by atoms with Gasteiger partial charge < -0.3 is 30.5 Å². The lowest BCUT2D eigenvalue weighted by molar-refractivity contribution is -0.123. The number of nitrogens with zero attached hydrogens (tertiary/aromatic N) is 2. The van der Waals surface area contributed by atoms with E-state index in [0.29, 0.717) is 23.5 Å². The van der Waals surface area contributed by atoms with Crippen LogP contribution in [0.1, 0.15) is 50.2 Å². The van der Waals surface area contributed by atoms with Crippen LogP contribution < -0.4 is 31.7 Å². The van der Waals surface area contributed by atoms with Crippen molar-refractivity contribution in [2.24, 2.45) is 5.73 Å². The van der Waals surface area contributed by atoms with E-state index in [0.717, 1.165) is 56.8 Å². The Kier molecular flexibility index (Phi) is 5.78. The molecule has 0 saturated heterocycles. The first kappa shape index (κ1) is 22.2. The topological polar surface area (TPSA) is 107 Å². The second-order valence-corrected chi connectivity index (χ2v) is 9.75. The smallest absolute Gasteiger partial charge is 0.275 e. The molecule has 9 nitrogen and oxygen atoms in total. The van der Waals surface area contributed by atoms with E-state index in [-0.39, 0.29) is 5.91 Å². The third-order valence-electron chi connectivity index (χ3n) is 7.51. The molecule has 180 valence electrons. The summed E-state index contributed by atoms with van der Waals surface area (Å²) in [4.78, 5) is 17.9. The van der Waals surface area contributed by atoms with Gasteiger partial charge in [-0.15, -0.1) is 0 Å². The van der Waals surface area contributed by atoms with Crippen LogP contribution in [0.15, 0.2) is 23.7 Å². The summed E-state index contributed by atoms with van der Waals surface area (Å²) in [6.45, 7) is 4.82. The minimum absolute atomic E-state index is 0.167. The molecule has 1 aliphatic carbocycles. The number of hydrogen-bond acceptors (Lipinski definition) is 8. The van der Waals surface area contributed by atoms with E-state index in [1.165, 1.54) is 24.0 Å². The summed E-state index contributed by atoms with van der Waals surface area (Å²) >= 11 is 0. The third kappa shape index (κ3) is 3.97. The van der Waals surface area contributed by atoms with Gasteiger partial charge in [0.05, 0.1) is 12.8 Å². The van der Waals surface area contributed by atoms with Crippen LogP contribution in [0.4, 0.5) is 5.69 Å². The monoisotopic (exact) mass is 455 g/mol. The first-order chi connectivity index (χ1) is 15.9. The first-order valence-electron chi connectivity index (χ1n) is 12.2. The Morgan fingerprint density at radius 2 is 2.03 bits per heavy atom. The standard InChI is InChI=1S/C24H37N7O2/c1-4-17-14-30(2)21-22(31(17)18-7-5-6-8-18)28-24(25,29-23(21)32)27-19-11-15-9-10-26-13-16(15)12-20(19)33-3/h11-12,17-18,26-28H,4-10,13-14,25H2,1-3H3,(H,29,32)/t17?,24-/m1/s1. The first-order valence-corrected chi connectivity index (χ1v) is 12.2. The number of fused-ring (bicyclic) bond motifs is 1. The summed E-state index contributed by atoms with van der Waals surface area (Å²) in [6.07, 6.45) is 6.72. The Morgan fingerprint density at radius 3 is 2.76 bits per heavy atom. The SMILES string of the molecule is CCC1CN(C)C2=C(N[C@@](N)(Nc3cc4c(cc3OC)CNCC4)NC2=O)N1C1CCCC1. The zero-order valence-electron chi connectivity index (χ0n) is 20.0. The third-order valence-corrected chi connectivity index (χ3v) is 7.51. The Labute approximate surface area is 196 Å². The van der Waals surface area contributed by atoms with E-state index in [4.69, 9.17) is 10.5 Å². The van der Waals surface area contributed by atoms with Gasteiger partial charge in [-0.25, -0.2) is 0 Å². The Morgan fingerprint density at radius 1 is 1.24 bits per heavy atom. The lowest BCUT2D eigenvalue weighted by atomic mass is 9.99. The fraction of sp³-hybridized carbons (Fsp3) is 0.625. The van der Waals surface area contributed by atoms with Gasteiger partial charge in [0.2, 0.25) is 5.91 Å². The average Bonchev–Trinajstić information content (AvgIpc) is 3.31. The number of benzene rings is 1. The molecule has 1 fully saturated rings. The van der Waals surface area contributed by atoms with Gasteiger partial charge in [-0.05, 0) is 55.5 Å². The number of hydrogen-bond donors (Lipinski definition) is 5. The Bertz CT molecular complexity index is 958. The molecule has 9 heteroatoms. The number of nitrogens with one attached hydrogen (secondary N) is 4. The molecule has 1 saturated carbocycles. The Hall–Kier alpha value is -2.65. The summed E-state index contributed by atoms with van der Waals surface area (Å²) in [5, 5.41) is 13.2. The molecule has 0 radical (unpaired) electrons. The molecule has 1 unspecified atom stereocenters. The summed E-state index contributed by atoms with van der Waals surface area (Å²) in [5.74, 6) is 0.0396. The molecule has 2 atom stereocenters. The molecule has 3 heterocycles. The zero-order valence-corrected chi connectivity index (χ0v) is 20.0. The highest BCUT2D eigenvalue weighted by Gasteiger charge is 2.45. The maximum Gasteiger partial charge on any atom is 0.275 e. The maximum absolute atomic E-state index is 13.4. The summed E-state index contributed by atoms with van der Waals surface area (Å²) in [6, 6.07) is 4.92. The summed E-state index contributed by atoms with van der Waals surface area (Å²) in [5.41, 5.74) is 10.7. The van der Waals surface area contributed by atoms with Crippen LogP contribution >= 0.6 is 0 Å². The van der Waals surface area contributed by atoms with Crippen molar-refractivity contribution >= 4 is 11.6 Å². The molecule has 1 aromatic rings. The summed E-state index contributed by atoms with van der Waals surface area (Å²) < 4.78 is 5.67. The van der Waals surface area contributed by atoms with Gasteiger partial charge >= 0.3 is 0 Å². The molecule has 5 rings (SSSR count). The van der Waals surface area contributed by atoms with E-state index in [9.17, 15) is 4.79 Å². The van der Waals surface area contributed by atoms with E-state index in [1.807, 2.05) is 7.05 Å². The van der Waals surface area contributed by atoms with Crippen LogP contribution in [0.2, 0.25) is 0 Å². The van der Waals surface area contributed by atoms with Gasteiger partial charge in [-0.2, -0.15) is 0 Å². The van der Waals surface area contributed by atoms with Crippen molar-refractivity contribution in [2.45, 2.75) is 70.0 Å². The van der Waals surface area contributed by atoms with Crippen molar-refractivity contribution in [3.05, 3.63) is 34.8 Å². The lowest BCUT2D eigenvalue weighted by Crippen LogP contribution is -2.76. The average molecular weight is 456 g/mol. The van der Waals surface area contributed by atoms with Crippen LogP contribution in [0.5, 0.6) is 5.75 Å². The van der Waals surface area contributed by atoms with E-state index in [1.54, 1.807) is 7.11 Å². The van der Waals surface area contributed by atoms with Crippen molar-refractivity contribution in [2.75, 3.05) is 32.6 Å². The van der Waals surface area contributed by atoms with Gasteiger partial charge in [0.25, 0.3) is 5.91 Å². The summed E-state index contributed by atoms with van der Waals surface area (Å²) in [7, 11) is 3.65. The highest BCUT2D eigenvalue weighted by Crippen LogP contribution is 2.36. The zero-order chi connectivity index (χ0) is 23.2. The number of ether oxygens (including phenoxy) is 1. The molecular weight excluding hydrogens is 418 g/mol. The minimum Gasteiger partial charge on any atom is -0.495 e. The van der Waals surface area contributed by atoms with E-state index >= 15 is 0 Å². The minimum atomic E-state index is -1.34. The van der Waals surface area contributed by atoms with Gasteiger partial charge in [0.15, 0.2) is 0 Å². The van der Waals surface area contributed by atoms with Crippen molar-refractivity contribution in [3.8, 4) is 5.75 Å². The molecule has 1 aromatic carbocycles. The van der Waals surface area contributed by atoms with Crippen LogP contribution in [0, 0.1) is 0 Å². The predicted molar refractivity (Wildman–Crippen MR) is 128 cm³/mol. The quantitative estimate of drug-likeness (QED) is 0.422. The number of nitrogens with two attached hydrogens (primary N) is 1. The number of methoxy groups -OCH3 is 1. The van der Waals surface area contributed by atoms with Crippen molar-refractivity contribution in [1.29, 1.82) is 0 Å². The fourth-order valence-corrected chi connectivity index (χ4v) is 5.88. The maximum atomic E-state index is 13.4. The van der Waals surface area contributed by atoms with Crippen LogP contribution in [0.3, 0.4) is 0 Å². The van der Waals surface area contributed by atoms with Gasteiger partial charge in [-0.3, -0.25) is 15.8 Å². The van der Waals surface area contributed by atoms with Crippen molar-refractivity contribution in [3.63, 3.8) is 0 Å². The second kappa shape index (κ2) is 8.61. The molecule has 3 aliphatic heterocycles. The molecule has 0 spiro atoms. The second-order valence-electron chi connectivity index (χ2n) is 9.75. The van der Waals surface area contributed by atoms with Gasteiger partial charge in [0, 0.05) is 32.2 Å². The van der Waals surface area contributed by atoms with Crippen molar-refractivity contribution < 1.29 is 9.53 Å². The largest absolute Gasteiger partial charge is 0.495 e. The van der Waals surface area contributed by atoms with Gasteiger partial charge in [0.1, 0.15) is 17.3 Å². The normalized spacial score (nSPS) is 27.6. The number of carbonyl (C=O) groups is 1.